The van der Waals surface area contributed by atoms with Gasteiger partial charge in [-0.25, -0.2) is 4.98 Å². The van der Waals surface area contributed by atoms with Crippen LogP contribution in [0.1, 0.15) is 25.3 Å². The molecule has 0 radical (unpaired) electrons. The van der Waals surface area contributed by atoms with Gasteiger partial charge >= 0.3 is 0 Å². The van der Waals surface area contributed by atoms with E-state index < -0.39 is 0 Å². The first-order valence-corrected chi connectivity index (χ1v) is 5.30. The van der Waals surface area contributed by atoms with Crippen LogP contribution in [0.2, 0.25) is 0 Å². The van der Waals surface area contributed by atoms with Gasteiger partial charge in [-0.2, -0.15) is 0 Å². The molecule has 0 saturated heterocycles. The number of hydrogen-bond acceptors (Lipinski definition) is 2. The Morgan fingerprint density at radius 2 is 2.20 bits per heavy atom. The highest BCUT2D eigenvalue weighted by Gasteiger charge is 2.56. The third-order valence-electron chi connectivity index (χ3n) is 3.73. The van der Waals surface area contributed by atoms with Crippen molar-refractivity contribution >= 4 is 11.0 Å². The summed E-state index contributed by atoms with van der Waals surface area (Å²) in [5.41, 5.74) is 8.60. The third kappa shape index (κ3) is 1.07. The molecule has 1 saturated carbocycles. The van der Waals surface area contributed by atoms with Gasteiger partial charge < -0.3 is 10.7 Å². The minimum Gasteiger partial charge on any atom is -0.346 e. The van der Waals surface area contributed by atoms with E-state index in [4.69, 9.17) is 5.73 Å². The summed E-state index contributed by atoms with van der Waals surface area (Å²) < 4.78 is 0. The molecule has 0 unspecified atom stereocenters. The number of aromatic nitrogens is 2. The van der Waals surface area contributed by atoms with Gasteiger partial charge in [-0.05, 0) is 23.1 Å². The molecule has 0 aliphatic heterocycles. The molecule has 2 aromatic heterocycles. The van der Waals surface area contributed by atoms with E-state index in [0.29, 0.717) is 5.92 Å². The zero-order valence-corrected chi connectivity index (χ0v) is 8.99. The Bertz CT molecular complexity index is 512. The molecule has 3 heteroatoms. The van der Waals surface area contributed by atoms with Crippen molar-refractivity contribution in [2.75, 3.05) is 0 Å². The number of hydrogen-bond donors (Lipinski definition) is 2. The van der Waals surface area contributed by atoms with Gasteiger partial charge in [-0.1, -0.05) is 13.8 Å². The quantitative estimate of drug-likeness (QED) is 0.741. The predicted octanol–water partition coefficient (Wildman–Crippen LogP) is 2.01. The second kappa shape index (κ2) is 2.61. The van der Waals surface area contributed by atoms with Crippen LogP contribution in [0.4, 0.5) is 0 Å². The highest BCUT2D eigenvalue weighted by molar-refractivity contribution is 5.81. The lowest BCUT2D eigenvalue weighted by molar-refractivity contribution is 0.600. The zero-order valence-electron chi connectivity index (χ0n) is 8.99. The first-order chi connectivity index (χ1) is 7.12. The average Bonchev–Trinajstić information content (AvgIpc) is 2.63. The van der Waals surface area contributed by atoms with Crippen molar-refractivity contribution in [1.29, 1.82) is 0 Å². The molecule has 3 nitrogen and oxygen atoms in total. The molecule has 0 amide bonds. The molecule has 3 rings (SSSR count). The summed E-state index contributed by atoms with van der Waals surface area (Å²) in [6.07, 6.45) is 3.86. The first-order valence-electron chi connectivity index (χ1n) is 5.30. The number of nitrogens with two attached hydrogens (primary N) is 1. The van der Waals surface area contributed by atoms with E-state index in [1.54, 1.807) is 6.20 Å². The Morgan fingerprint density at radius 3 is 2.87 bits per heavy atom. The van der Waals surface area contributed by atoms with Gasteiger partial charge in [-0.15, -0.1) is 0 Å². The highest BCUT2D eigenvalue weighted by atomic mass is 14.9. The Morgan fingerprint density at radius 1 is 1.47 bits per heavy atom. The fraction of sp³-hybridized carbons (Fsp3) is 0.417. The van der Waals surface area contributed by atoms with Crippen LogP contribution in [-0.2, 0) is 0 Å². The van der Waals surface area contributed by atoms with Gasteiger partial charge in [-0.3, -0.25) is 0 Å². The summed E-state index contributed by atoms with van der Waals surface area (Å²) in [4.78, 5) is 7.49. The normalized spacial score (nSPS) is 28.2. The lowest BCUT2D eigenvalue weighted by Crippen LogP contribution is -2.06. The van der Waals surface area contributed by atoms with E-state index in [1.165, 1.54) is 10.9 Å². The summed E-state index contributed by atoms with van der Waals surface area (Å²) in [7, 11) is 0. The van der Waals surface area contributed by atoms with Gasteiger partial charge in [0.05, 0.1) is 0 Å². The fourth-order valence-electron chi connectivity index (χ4n) is 2.51. The second-order valence-corrected chi connectivity index (χ2v) is 4.97. The molecule has 2 atom stereocenters. The van der Waals surface area contributed by atoms with Crippen LogP contribution in [0.5, 0.6) is 0 Å². The summed E-state index contributed by atoms with van der Waals surface area (Å²) in [6, 6.07) is 4.35. The minimum atomic E-state index is 0.227. The Balaban J connectivity index is 2.14. The summed E-state index contributed by atoms with van der Waals surface area (Å²) in [6.45, 7) is 4.44. The third-order valence-corrected chi connectivity index (χ3v) is 3.73. The maximum Gasteiger partial charge on any atom is 0.137 e. The number of nitrogens with zero attached hydrogens (tertiary/aromatic N) is 1. The van der Waals surface area contributed by atoms with Crippen LogP contribution < -0.4 is 5.73 Å². The van der Waals surface area contributed by atoms with Crippen LogP contribution in [0.15, 0.2) is 24.5 Å². The topological polar surface area (TPSA) is 54.7 Å². The van der Waals surface area contributed by atoms with Gasteiger partial charge in [0.1, 0.15) is 5.65 Å². The Kier molecular flexibility index (Phi) is 1.55. The molecule has 1 fully saturated rings. The van der Waals surface area contributed by atoms with E-state index in [9.17, 15) is 0 Å². The Hall–Kier alpha value is -1.35. The lowest BCUT2D eigenvalue weighted by Gasteiger charge is -2.00. The second-order valence-electron chi connectivity index (χ2n) is 4.97. The van der Waals surface area contributed by atoms with Crippen LogP contribution in [0.3, 0.4) is 0 Å². The molecule has 2 heterocycles. The maximum atomic E-state index is 6.09. The number of pyridine rings is 1. The van der Waals surface area contributed by atoms with Gasteiger partial charge in [0.25, 0.3) is 0 Å². The van der Waals surface area contributed by atoms with Crippen LogP contribution in [-0.4, -0.2) is 16.0 Å². The van der Waals surface area contributed by atoms with E-state index in [-0.39, 0.29) is 11.5 Å². The highest BCUT2D eigenvalue weighted by Crippen LogP contribution is 2.58. The molecule has 15 heavy (non-hydrogen) atoms. The van der Waals surface area contributed by atoms with Crippen molar-refractivity contribution in [3.05, 3.63) is 30.1 Å². The molecule has 78 valence electrons. The molecule has 0 spiro atoms. The lowest BCUT2D eigenvalue weighted by atomic mass is 10.0. The predicted molar refractivity (Wildman–Crippen MR) is 60.6 cm³/mol. The van der Waals surface area contributed by atoms with Crippen LogP contribution in [0, 0.1) is 5.41 Å². The van der Waals surface area contributed by atoms with Crippen LogP contribution >= 0.6 is 0 Å². The molecule has 1 aliphatic carbocycles. The standard InChI is InChI=1S/C12H15N3/c1-12(2)9(10(12)13)8-6-15-11-7(8)4-3-5-14-11/h3-6,9-10H,13H2,1-2H3,(H,14,15)/t9-,10-/m0/s1. The van der Waals surface area contributed by atoms with Crippen molar-refractivity contribution in [2.24, 2.45) is 11.1 Å². The largest absolute Gasteiger partial charge is 0.346 e. The number of H-pyrrole nitrogens is 1. The van der Waals surface area contributed by atoms with Crippen molar-refractivity contribution in [3.63, 3.8) is 0 Å². The number of fused-ring (bicyclic) bond motifs is 1. The summed E-state index contributed by atoms with van der Waals surface area (Å²) in [5, 5.41) is 1.21. The molecule has 3 N–H and O–H groups in total. The van der Waals surface area contributed by atoms with Crippen molar-refractivity contribution in [1.82, 2.24) is 9.97 Å². The summed E-state index contributed by atoms with van der Waals surface area (Å²) >= 11 is 0. The zero-order chi connectivity index (χ0) is 10.6. The number of rotatable bonds is 1. The molecular formula is C12H15N3. The maximum absolute atomic E-state index is 6.09. The Labute approximate surface area is 88.7 Å². The smallest absolute Gasteiger partial charge is 0.137 e. The van der Waals surface area contributed by atoms with Gasteiger partial charge in [0.2, 0.25) is 0 Å². The average molecular weight is 201 g/mol. The molecule has 0 bridgehead atoms. The van der Waals surface area contributed by atoms with E-state index in [1.807, 2.05) is 6.07 Å². The van der Waals surface area contributed by atoms with Gasteiger partial charge in [0, 0.05) is 29.7 Å². The molecule has 0 aromatic carbocycles. The number of nitrogens with one attached hydrogen (secondary N) is 1. The summed E-state index contributed by atoms with van der Waals surface area (Å²) in [5.74, 6) is 0.468. The van der Waals surface area contributed by atoms with E-state index in [2.05, 4.69) is 36.1 Å². The van der Waals surface area contributed by atoms with E-state index >= 15 is 0 Å². The monoisotopic (exact) mass is 201 g/mol. The number of aromatic amines is 1. The van der Waals surface area contributed by atoms with E-state index in [0.717, 1.165) is 5.65 Å². The fourth-order valence-corrected chi connectivity index (χ4v) is 2.51. The van der Waals surface area contributed by atoms with Crippen LogP contribution in [0.25, 0.3) is 11.0 Å². The van der Waals surface area contributed by atoms with Crippen molar-refractivity contribution < 1.29 is 0 Å². The first kappa shape index (κ1) is 8.92. The molecule has 2 aromatic rings. The minimum absolute atomic E-state index is 0.227. The molecular weight excluding hydrogens is 186 g/mol. The SMILES string of the molecule is CC1(C)[C@@H](N)[C@@H]1c1c[nH]c2ncccc12. The van der Waals surface area contributed by atoms with Crippen molar-refractivity contribution in [3.8, 4) is 0 Å². The van der Waals surface area contributed by atoms with Gasteiger partial charge in [0.15, 0.2) is 0 Å². The van der Waals surface area contributed by atoms with Crippen molar-refractivity contribution in [2.45, 2.75) is 25.8 Å². The molecule has 1 aliphatic rings.